The quantitative estimate of drug-likeness (QED) is 0.217. The van der Waals surface area contributed by atoms with Gasteiger partial charge in [-0.15, -0.1) is 0 Å². The van der Waals surface area contributed by atoms with Gasteiger partial charge in [0, 0.05) is 0 Å². The molecule has 0 fully saturated rings. The predicted molar refractivity (Wildman–Crippen MR) is 115 cm³/mol. The molecule has 0 aliphatic heterocycles. The molecule has 38 heavy (non-hydrogen) atoms. The third-order valence-electron chi connectivity index (χ3n) is 5.20. The first kappa shape index (κ1) is 28.7. The fourth-order valence-electron chi connectivity index (χ4n) is 3.40. The summed E-state index contributed by atoms with van der Waals surface area (Å²) >= 11 is -2.39. The second-order valence-electron chi connectivity index (χ2n) is 7.87. The molecule has 0 N–H and O–H groups in total. The molecule has 0 aliphatic carbocycles. The van der Waals surface area contributed by atoms with Crippen molar-refractivity contribution >= 4 is 0 Å². The van der Waals surface area contributed by atoms with Crippen molar-refractivity contribution in [2.24, 2.45) is 0 Å². The van der Waals surface area contributed by atoms with Crippen molar-refractivity contribution in [3.05, 3.63) is 122 Å². The fraction of sp³-hybridized carbons (Fsp3) is 0.111. The number of hydrogen-bond acceptors (Lipinski definition) is 0. The van der Waals surface area contributed by atoms with Crippen LogP contribution >= 0.6 is 0 Å². The summed E-state index contributed by atoms with van der Waals surface area (Å²) in [6.07, 6.45) is -14.0. The van der Waals surface area contributed by atoms with Crippen LogP contribution in [0.4, 0.5) is 39.5 Å². The molecule has 0 unspecified atom stereocenters. The second kappa shape index (κ2) is 11.1. The van der Waals surface area contributed by atoms with Gasteiger partial charge >= 0.3 is 234 Å². The van der Waals surface area contributed by atoms with Gasteiger partial charge in [-0.2, -0.15) is 0 Å². The van der Waals surface area contributed by atoms with E-state index in [2.05, 4.69) is 0 Å². The van der Waals surface area contributed by atoms with Gasteiger partial charge < -0.3 is 0 Å². The van der Waals surface area contributed by atoms with Crippen molar-refractivity contribution in [1.82, 2.24) is 0 Å². The molecule has 0 atom stereocenters. The molecule has 0 spiro atoms. The summed E-state index contributed by atoms with van der Waals surface area (Å²) in [4.78, 5) is 0. The molecule has 0 saturated carbocycles. The van der Waals surface area contributed by atoms with E-state index in [1.165, 1.54) is 24.3 Å². The van der Waals surface area contributed by atoms with Crippen molar-refractivity contribution in [2.75, 3.05) is 0 Å². The van der Waals surface area contributed by atoms with Crippen LogP contribution in [-0.4, -0.2) is 0 Å². The Bertz CT molecular complexity index is 1410. The van der Waals surface area contributed by atoms with E-state index in [0.717, 1.165) is 40.0 Å². The van der Waals surface area contributed by atoms with Crippen LogP contribution in [0.1, 0.15) is 16.7 Å². The zero-order chi connectivity index (χ0) is 27.7. The Labute approximate surface area is 232 Å². The predicted octanol–water partition coefficient (Wildman–Crippen LogP) is 2.67. The Balaban J connectivity index is 1.88. The summed E-state index contributed by atoms with van der Waals surface area (Å²) in [5.74, 6) is 0. The molecule has 0 amide bonds. The molecule has 4 rings (SSSR count). The maximum atomic E-state index is 13.6. The van der Waals surface area contributed by atoms with E-state index >= 15 is 0 Å². The van der Waals surface area contributed by atoms with E-state index < -0.39 is 77.6 Å². The first-order valence-electron chi connectivity index (χ1n) is 10.7. The Kier molecular flexibility index (Phi) is 8.36. The molecule has 200 valence electrons. The molecule has 0 saturated heterocycles. The second-order valence-corrected chi connectivity index (χ2v) is 13.8. The van der Waals surface area contributed by atoms with Crippen molar-refractivity contribution in [1.29, 1.82) is 0 Å². The van der Waals surface area contributed by atoms with Gasteiger partial charge in [-0.05, 0) is 0 Å². The van der Waals surface area contributed by atoms with Gasteiger partial charge in [0.25, 0.3) is 0 Å². The summed E-state index contributed by atoms with van der Waals surface area (Å²) in [7, 11) is 0. The molecule has 0 bridgehead atoms. The van der Waals surface area contributed by atoms with Crippen molar-refractivity contribution in [3.8, 4) is 11.1 Å². The van der Waals surface area contributed by atoms with Gasteiger partial charge in [0.2, 0.25) is 0 Å². The Morgan fingerprint density at radius 3 is 1.55 bits per heavy atom. The third-order valence-corrected chi connectivity index (χ3v) is 10.9. The van der Waals surface area contributed by atoms with Crippen LogP contribution < -0.4 is 42.4 Å². The van der Waals surface area contributed by atoms with Gasteiger partial charge in [-0.3, -0.25) is 0 Å². The van der Waals surface area contributed by atoms with Crippen LogP contribution in [0.3, 0.4) is 0 Å². The van der Waals surface area contributed by atoms with Crippen LogP contribution in [0.5, 0.6) is 0 Å². The number of hydrogen-bond donors (Lipinski definition) is 0. The van der Waals surface area contributed by atoms with Gasteiger partial charge in [-0.25, -0.2) is 0 Å². The SMILES string of the molecule is FC(F)(F)c1ccc([I+]c2ccc(C(F)(F)F)cc2-c2cc(C(F)(F)F)ccc2[I-]c2ccccc2)cc1. The molecular formula is C27H15F9I2. The van der Waals surface area contributed by atoms with Crippen molar-refractivity contribution in [3.63, 3.8) is 0 Å². The van der Waals surface area contributed by atoms with Crippen LogP contribution in [0.2, 0.25) is 0 Å². The van der Waals surface area contributed by atoms with Gasteiger partial charge in [-0.1, -0.05) is 0 Å². The average molecular weight is 764 g/mol. The van der Waals surface area contributed by atoms with Crippen LogP contribution in [-0.2, 0) is 18.5 Å². The number of alkyl halides is 9. The van der Waals surface area contributed by atoms with Gasteiger partial charge in [0.05, 0.1) is 0 Å². The zero-order valence-corrected chi connectivity index (χ0v) is 23.1. The Hall–Kier alpha value is -2.29. The molecule has 4 aromatic carbocycles. The van der Waals surface area contributed by atoms with Crippen LogP contribution in [0.15, 0.2) is 91.0 Å². The molecule has 0 aromatic heterocycles. The van der Waals surface area contributed by atoms with Crippen molar-refractivity contribution in [2.45, 2.75) is 18.5 Å². The van der Waals surface area contributed by atoms with Gasteiger partial charge in [0.15, 0.2) is 0 Å². The van der Waals surface area contributed by atoms with E-state index in [-0.39, 0.29) is 11.1 Å². The minimum atomic E-state index is -4.74. The van der Waals surface area contributed by atoms with E-state index in [4.69, 9.17) is 0 Å². The number of halogens is 11. The average Bonchev–Trinajstić information content (AvgIpc) is 2.84. The molecule has 0 nitrogen and oxygen atoms in total. The van der Waals surface area contributed by atoms with E-state index in [1.54, 1.807) is 30.3 Å². The van der Waals surface area contributed by atoms with E-state index in [9.17, 15) is 39.5 Å². The van der Waals surface area contributed by atoms with Crippen LogP contribution in [0, 0.1) is 14.3 Å². The topological polar surface area (TPSA) is 0 Å². The third kappa shape index (κ3) is 7.01. The fourth-order valence-corrected chi connectivity index (χ4v) is 8.42. The molecular weight excluding hydrogens is 749 g/mol. The summed E-state index contributed by atoms with van der Waals surface area (Å²) < 4.78 is 123. The first-order chi connectivity index (χ1) is 17.7. The standard InChI is InChI=1S/C27H15F9I2/c28-25(29,30)16-6-10-20(11-7-16)38-24-13-9-18(27(34,35)36)15-22(24)21-14-17(26(31,32)33)8-12-23(21)37-19-4-2-1-3-5-19/h1-15H. The first-order valence-corrected chi connectivity index (χ1v) is 15.0. The number of rotatable bonds is 5. The molecule has 4 aromatic rings. The summed E-state index contributed by atoms with van der Waals surface area (Å²) in [5, 5.41) is 0. The van der Waals surface area contributed by atoms with E-state index in [0.29, 0.717) is 10.7 Å². The normalized spacial score (nSPS) is 12.7. The Morgan fingerprint density at radius 1 is 0.500 bits per heavy atom. The Morgan fingerprint density at radius 2 is 1.00 bits per heavy atom. The number of benzene rings is 4. The van der Waals surface area contributed by atoms with E-state index in [1.807, 2.05) is 0 Å². The van der Waals surface area contributed by atoms with Crippen LogP contribution in [0.25, 0.3) is 11.1 Å². The molecule has 0 aliphatic rings. The van der Waals surface area contributed by atoms with Crippen molar-refractivity contribution < 1.29 is 81.9 Å². The molecule has 0 radical (unpaired) electrons. The summed E-state index contributed by atoms with van der Waals surface area (Å²) in [6, 6.07) is 19.2. The monoisotopic (exact) mass is 764 g/mol. The van der Waals surface area contributed by atoms with Gasteiger partial charge in [0.1, 0.15) is 0 Å². The zero-order valence-electron chi connectivity index (χ0n) is 18.8. The minimum absolute atomic E-state index is 0.00394. The molecule has 11 heteroatoms. The molecule has 0 heterocycles. The summed E-state index contributed by atoms with van der Waals surface area (Å²) in [5.41, 5.74) is -2.84. The maximum absolute atomic E-state index is 13.6. The summed E-state index contributed by atoms with van der Waals surface area (Å²) in [6.45, 7) is 0.